The molecule has 5 heteroatoms. The lowest BCUT2D eigenvalue weighted by molar-refractivity contribution is -0.128. The summed E-state index contributed by atoms with van der Waals surface area (Å²) in [6.07, 6.45) is 3.83. The van der Waals surface area contributed by atoms with Crippen LogP contribution in [0.5, 0.6) is 5.75 Å². The molecule has 2 bridgehead atoms. The molecule has 3 heterocycles. The molecule has 114 valence electrons. The van der Waals surface area contributed by atoms with E-state index < -0.39 is 23.0 Å². The van der Waals surface area contributed by atoms with Gasteiger partial charge < -0.3 is 9.47 Å². The minimum absolute atomic E-state index is 0.184. The van der Waals surface area contributed by atoms with Gasteiger partial charge in [0.1, 0.15) is 5.75 Å². The monoisotopic (exact) mass is 299 g/mol. The van der Waals surface area contributed by atoms with E-state index in [2.05, 4.69) is 0 Å². The second-order valence-corrected chi connectivity index (χ2v) is 6.47. The van der Waals surface area contributed by atoms with Gasteiger partial charge in [-0.1, -0.05) is 12.2 Å². The van der Waals surface area contributed by atoms with Crippen LogP contribution in [0.1, 0.15) is 13.8 Å². The number of imide groups is 1. The van der Waals surface area contributed by atoms with Crippen molar-refractivity contribution in [3.63, 3.8) is 0 Å². The van der Waals surface area contributed by atoms with E-state index in [4.69, 9.17) is 9.47 Å². The molecule has 3 aliphatic heterocycles. The van der Waals surface area contributed by atoms with Crippen LogP contribution in [0.2, 0.25) is 0 Å². The van der Waals surface area contributed by atoms with E-state index in [1.807, 2.05) is 26.0 Å². The summed E-state index contributed by atoms with van der Waals surface area (Å²) in [5.74, 6) is -0.576. The van der Waals surface area contributed by atoms with Crippen LogP contribution in [0.15, 0.2) is 36.4 Å². The summed E-state index contributed by atoms with van der Waals surface area (Å²) in [6.45, 7) is 3.75. The van der Waals surface area contributed by atoms with Gasteiger partial charge in [0.05, 0.1) is 35.8 Å². The Hall–Kier alpha value is -2.14. The molecule has 5 nitrogen and oxygen atoms in total. The number of nitrogens with zero attached hydrogens (tertiary/aromatic N) is 1. The Labute approximate surface area is 128 Å². The molecule has 2 saturated heterocycles. The van der Waals surface area contributed by atoms with Gasteiger partial charge in [-0.3, -0.25) is 9.59 Å². The lowest BCUT2D eigenvalue weighted by atomic mass is 9.73. The van der Waals surface area contributed by atoms with Crippen LogP contribution < -0.4 is 9.64 Å². The van der Waals surface area contributed by atoms with Crippen molar-refractivity contribution in [1.29, 1.82) is 0 Å². The number of fused-ring (bicyclic) bond motifs is 5. The van der Waals surface area contributed by atoms with Crippen molar-refractivity contribution in [1.82, 2.24) is 0 Å². The topological polar surface area (TPSA) is 55.8 Å². The molecule has 0 radical (unpaired) electrons. The first-order chi connectivity index (χ1) is 10.4. The van der Waals surface area contributed by atoms with Crippen LogP contribution in [-0.2, 0) is 14.3 Å². The van der Waals surface area contributed by atoms with Crippen molar-refractivity contribution in [2.24, 2.45) is 11.8 Å². The van der Waals surface area contributed by atoms with Gasteiger partial charge in [0, 0.05) is 0 Å². The lowest BCUT2D eigenvalue weighted by Gasteiger charge is -2.25. The van der Waals surface area contributed by atoms with Crippen molar-refractivity contribution >= 4 is 17.5 Å². The van der Waals surface area contributed by atoms with Gasteiger partial charge in [0.25, 0.3) is 0 Å². The Morgan fingerprint density at radius 2 is 1.50 bits per heavy atom. The summed E-state index contributed by atoms with van der Waals surface area (Å²) in [6, 6.07) is 6.96. The van der Waals surface area contributed by atoms with Gasteiger partial charge in [-0.25, -0.2) is 4.90 Å². The Bertz CT molecular complexity index is 674. The Balaban J connectivity index is 1.76. The molecule has 0 spiro atoms. The van der Waals surface area contributed by atoms with E-state index in [-0.39, 0.29) is 11.8 Å². The highest BCUT2D eigenvalue weighted by Crippen LogP contribution is 2.57. The fraction of sp³-hybridized carbons (Fsp3) is 0.412. The molecule has 1 aromatic rings. The van der Waals surface area contributed by atoms with Crippen LogP contribution in [0.4, 0.5) is 5.69 Å². The van der Waals surface area contributed by atoms with Crippen molar-refractivity contribution < 1.29 is 19.1 Å². The van der Waals surface area contributed by atoms with Crippen LogP contribution in [0.3, 0.4) is 0 Å². The molecule has 4 rings (SSSR count). The molecule has 1 aromatic carbocycles. The van der Waals surface area contributed by atoms with Crippen molar-refractivity contribution in [3.05, 3.63) is 36.4 Å². The first-order valence-corrected chi connectivity index (χ1v) is 7.32. The van der Waals surface area contributed by atoms with Gasteiger partial charge >= 0.3 is 0 Å². The van der Waals surface area contributed by atoms with Gasteiger partial charge in [0.15, 0.2) is 0 Å². The Kier molecular flexibility index (Phi) is 2.45. The summed E-state index contributed by atoms with van der Waals surface area (Å²) in [7, 11) is 1.58. The number of carbonyl (C=O) groups is 2. The second-order valence-electron chi connectivity index (χ2n) is 6.47. The normalized spacial score (nSPS) is 38.8. The van der Waals surface area contributed by atoms with Crippen LogP contribution in [0.25, 0.3) is 0 Å². The number of methoxy groups -OCH3 is 1. The SMILES string of the molecule is COc1ccc(N2C(=O)[C@@H]3[C@@H](C2=O)[C@@]2(C)C=C[C@@]3(C)O2)cc1. The molecule has 22 heavy (non-hydrogen) atoms. The zero-order valence-electron chi connectivity index (χ0n) is 12.7. The maximum absolute atomic E-state index is 12.8. The smallest absolute Gasteiger partial charge is 0.241 e. The van der Waals surface area contributed by atoms with Gasteiger partial charge in [0.2, 0.25) is 11.8 Å². The van der Waals surface area contributed by atoms with Crippen LogP contribution in [0, 0.1) is 11.8 Å². The van der Waals surface area contributed by atoms with Gasteiger partial charge in [-0.15, -0.1) is 0 Å². The third-order valence-corrected chi connectivity index (χ3v) is 5.06. The molecular formula is C17H17NO4. The number of benzene rings is 1. The van der Waals surface area contributed by atoms with Gasteiger partial charge in [-0.05, 0) is 38.1 Å². The highest BCUT2D eigenvalue weighted by atomic mass is 16.5. The first-order valence-electron chi connectivity index (χ1n) is 7.32. The molecule has 0 N–H and O–H groups in total. The Morgan fingerprint density at radius 1 is 1.00 bits per heavy atom. The largest absolute Gasteiger partial charge is 0.497 e. The average Bonchev–Trinajstić information content (AvgIpc) is 3.04. The number of amides is 2. The highest BCUT2D eigenvalue weighted by Gasteiger charge is 2.70. The average molecular weight is 299 g/mol. The number of hydrogen-bond acceptors (Lipinski definition) is 4. The molecule has 4 atom stereocenters. The number of hydrogen-bond donors (Lipinski definition) is 0. The van der Waals surface area contributed by atoms with E-state index in [9.17, 15) is 9.59 Å². The van der Waals surface area contributed by atoms with E-state index in [1.165, 1.54) is 4.90 Å². The molecule has 3 aliphatic rings. The van der Waals surface area contributed by atoms with Crippen molar-refractivity contribution in [2.45, 2.75) is 25.0 Å². The Morgan fingerprint density at radius 3 is 1.95 bits per heavy atom. The predicted octanol–water partition coefficient (Wildman–Crippen LogP) is 1.92. The van der Waals surface area contributed by atoms with E-state index in [0.29, 0.717) is 11.4 Å². The number of anilines is 1. The van der Waals surface area contributed by atoms with E-state index >= 15 is 0 Å². The molecule has 0 aromatic heterocycles. The minimum atomic E-state index is -0.687. The minimum Gasteiger partial charge on any atom is -0.497 e. The molecular weight excluding hydrogens is 282 g/mol. The standard InChI is InChI=1S/C17H17NO4/c1-16-8-9-17(2,22-16)13-12(16)14(19)18(15(13)20)10-4-6-11(21-3)7-5-10/h4-9,12-13H,1-3H3/t12-,13-,16+,17+/m0/s1. The molecule has 0 aliphatic carbocycles. The lowest BCUT2D eigenvalue weighted by Crippen LogP contribution is -2.39. The highest BCUT2D eigenvalue weighted by molar-refractivity contribution is 6.23. The van der Waals surface area contributed by atoms with Crippen LogP contribution >= 0.6 is 0 Å². The predicted molar refractivity (Wildman–Crippen MR) is 79.5 cm³/mol. The fourth-order valence-corrected chi connectivity index (χ4v) is 4.02. The first kappa shape index (κ1) is 13.5. The number of ether oxygens (including phenoxy) is 2. The number of rotatable bonds is 2. The molecule has 2 amide bonds. The van der Waals surface area contributed by atoms with Crippen molar-refractivity contribution in [3.8, 4) is 5.75 Å². The maximum atomic E-state index is 12.8. The van der Waals surface area contributed by atoms with Crippen molar-refractivity contribution in [2.75, 3.05) is 12.0 Å². The molecule has 0 unspecified atom stereocenters. The summed E-state index contributed by atoms with van der Waals surface area (Å²) in [5.41, 5.74) is -0.794. The summed E-state index contributed by atoms with van der Waals surface area (Å²) in [5, 5.41) is 0. The van der Waals surface area contributed by atoms with E-state index in [0.717, 1.165) is 0 Å². The van der Waals surface area contributed by atoms with E-state index in [1.54, 1.807) is 31.4 Å². The zero-order chi connectivity index (χ0) is 15.7. The fourth-order valence-electron chi connectivity index (χ4n) is 4.02. The quantitative estimate of drug-likeness (QED) is 0.618. The summed E-state index contributed by atoms with van der Waals surface area (Å²) >= 11 is 0. The maximum Gasteiger partial charge on any atom is 0.241 e. The number of carbonyl (C=O) groups excluding carboxylic acids is 2. The van der Waals surface area contributed by atoms with Gasteiger partial charge in [-0.2, -0.15) is 0 Å². The summed E-state index contributed by atoms with van der Waals surface area (Å²) in [4.78, 5) is 27.0. The summed E-state index contributed by atoms with van der Waals surface area (Å²) < 4.78 is 11.1. The third-order valence-electron chi connectivity index (χ3n) is 5.06. The van der Waals surface area contributed by atoms with Crippen LogP contribution in [-0.4, -0.2) is 30.1 Å². The zero-order valence-corrected chi connectivity index (χ0v) is 12.7. The third kappa shape index (κ3) is 1.47. The second kappa shape index (κ2) is 3.98. The molecule has 2 fully saturated rings. The molecule has 0 saturated carbocycles.